The summed E-state index contributed by atoms with van der Waals surface area (Å²) in [4.78, 5) is 27.1. The third kappa shape index (κ3) is 5.06. The molecular weight excluding hydrogens is 304 g/mol. The van der Waals surface area contributed by atoms with Gasteiger partial charge in [0.15, 0.2) is 0 Å². The van der Waals surface area contributed by atoms with Crippen LogP contribution in [0, 0.1) is 11.8 Å². The van der Waals surface area contributed by atoms with E-state index in [0.29, 0.717) is 31.0 Å². The van der Waals surface area contributed by atoms with Crippen molar-refractivity contribution in [3.8, 4) is 0 Å². The first-order valence-corrected chi connectivity index (χ1v) is 8.76. The summed E-state index contributed by atoms with van der Waals surface area (Å²) in [5, 5.41) is 12.1. The molecule has 5 nitrogen and oxygen atoms in total. The fourth-order valence-electron chi connectivity index (χ4n) is 3.08. The second-order valence-corrected chi connectivity index (χ2v) is 6.97. The molecule has 0 aromatic heterocycles. The van der Waals surface area contributed by atoms with Gasteiger partial charge in [-0.05, 0) is 43.2 Å². The lowest BCUT2D eigenvalue weighted by Gasteiger charge is -2.34. The van der Waals surface area contributed by atoms with Crippen LogP contribution in [0.4, 0.5) is 0 Å². The summed E-state index contributed by atoms with van der Waals surface area (Å²) < 4.78 is 0. The molecule has 0 saturated carbocycles. The number of aliphatic hydroxyl groups excluding tert-OH is 1. The van der Waals surface area contributed by atoms with Crippen molar-refractivity contribution >= 4 is 11.8 Å². The zero-order chi connectivity index (χ0) is 17.5. The lowest BCUT2D eigenvalue weighted by molar-refractivity contribution is -0.135. The zero-order valence-electron chi connectivity index (χ0n) is 14.6. The van der Waals surface area contributed by atoms with Crippen LogP contribution in [0.5, 0.6) is 0 Å². The fourth-order valence-corrected chi connectivity index (χ4v) is 3.08. The highest BCUT2D eigenvalue weighted by molar-refractivity contribution is 5.97. The Kier molecular flexibility index (Phi) is 6.79. The molecule has 24 heavy (non-hydrogen) atoms. The maximum Gasteiger partial charge on any atom is 0.251 e. The van der Waals surface area contributed by atoms with Crippen LogP contribution in [-0.4, -0.2) is 47.6 Å². The Balaban J connectivity index is 2.02. The lowest BCUT2D eigenvalue weighted by atomic mass is 9.96. The number of piperidine rings is 1. The molecule has 1 atom stereocenters. The standard InChI is InChI=1S/C19H28N2O3/c1-14(2)12-17(20-18(23)16-6-4-3-5-7-16)19(24)21-10-8-15(13-22)9-11-21/h3-7,14-15,17,22H,8-13H2,1-2H3,(H,20,23). The molecule has 1 aliphatic heterocycles. The van der Waals surface area contributed by atoms with E-state index in [9.17, 15) is 14.7 Å². The molecule has 132 valence electrons. The topological polar surface area (TPSA) is 69.6 Å². The van der Waals surface area contributed by atoms with Gasteiger partial charge in [0, 0.05) is 25.3 Å². The Hall–Kier alpha value is -1.88. The van der Waals surface area contributed by atoms with E-state index in [-0.39, 0.29) is 24.3 Å². The number of carbonyl (C=O) groups is 2. The average Bonchev–Trinajstić information content (AvgIpc) is 2.61. The molecule has 1 aromatic rings. The van der Waals surface area contributed by atoms with Crippen molar-refractivity contribution in [2.45, 2.75) is 39.2 Å². The lowest BCUT2D eigenvalue weighted by Crippen LogP contribution is -2.51. The predicted octanol–water partition coefficient (Wildman–Crippen LogP) is 2.06. The van der Waals surface area contributed by atoms with Crippen LogP contribution in [0.3, 0.4) is 0 Å². The first kappa shape index (κ1) is 18.5. The SMILES string of the molecule is CC(C)CC(NC(=O)c1ccccc1)C(=O)N1CCC(CO)CC1. The van der Waals surface area contributed by atoms with E-state index in [0.717, 1.165) is 12.8 Å². The maximum atomic E-state index is 12.8. The molecule has 1 unspecified atom stereocenters. The number of hydrogen-bond donors (Lipinski definition) is 2. The van der Waals surface area contributed by atoms with Gasteiger partial charge in [0.25, 0.3) is 5.91 Å². The van der Waals surface area contributed by atoms with E-state index in [4.69, 9.17) is 0 Å². The quantitative estimate of drug-likeness (QED) is 0.838. The molecule has 0 radical (unpaired) electrons. The number of nitrogens with zero attached hydrogens (tertiary/aromatic N) is 1. The first-order valence-electron chi connectivity index (χ1n) is 8.76. The molecule has 1 heterocycles. The molecule has 1 fully saturated rings. The summed E-state index contributed by atoms with van der Waals surface area (Å²) >= 11 is 0. The van der Waals surface area contributed by atoms with E-state index >= 15 is 0 Å². The molecular formula is C19H28N2O3. The molecule has 2 rings (SSSR count). The Morgan fingerprint density at radius 2 is 1.83 bits per heavy atom. The highest BCUT2D eigenvalue weighted by Gasteiger charge is 2.29. The van der Waals surface area contributed by atoms with Gasteiger partial charge in [0.1, 0.15) is 6.04 Å². The number of likely N-dealkylation sites (tertiary alicyclic amines) is 1. The number of benzene rings is 1. The predicted molar refractivity (Wildman–Crippen MR) is 93.5 cm³/mol. The van der Waals surface area contributed by atoms with E-state index in [1.165, 1.54) is 0 Å². The third-order valence-corrected chi connectivity index (χ3v) is 4.53. The number of hydrogen-bond acceptors (Lipinski definition) is 3. The average molecular weight is 332 g/mol. The van der Waals surface area contributed by atoms with Gasteiger partial charge >= 0.3 is 0 Å². The minimum atomic E-state index is -0.497. The molecule has 5 heteroatoms. The van der Waals surface area contributed by atoms with Crippen molar-refractivity contribution < 1.29 is 14.7 Å². The normalized spacial score (nSPS) is 16.9. The van der Waals surface area contributed by atoms with E-state index < -0.39 is 6.04 Å². The van der Waals surface area contributed by atoms with Gasteiger partial charge in [-0.25, -0.2) is 0 Å². The molecule has 0 aliphatic carbocycles. The highest BCUT2D eigenvalue weighted by atomic mass is 16.3. The summed E-state index contributed by atoms with van der Waals surface area (Å²) in [5.41, 5.74) is 0.568. The Morgan fingerprint density at radius 3 is 2.38 bits per heavy atom. The van der Waals surface area contributed by atoms with Crippen molar-refractivity contribution in [3.05, 3.63) is 35.9 Å². The van der Waals surface area contributed by atoms with Crippen molar-refractivity contribution in [1.29, 1.82) is 0 Å². The Morgan fingerprint density at radius 1 is 1.21 bits per heavy atom. The van der Waals surface area contributed by atoms with Gasteiger partial charge in [0.2, 0.25) is 5.91 Å². The summed E-state index contributed by atoms with van der Waals surface area (Å²) in [6.45, 7) is 5.59. The maximum absolute atomic E-state index is 12.8. The van der Waals surface area contributed by atoms with Gasteiger partial charge in [-0.2, -0.15) is 0 Å². The largest absolute Gasteiger partial charge is 0.396 e. The molecule has 2 N–H and O–H groups in total. The second-order valence-electron chi connectivity index (χ2n) is 6.97. The molecule has 1 saturated heterocycles. The fraction of sp³-hybridized carbons (Fsp3) is 0.579. The van der Waals surface area contributed by atoms with Crippen LogP contribution in [0.1, 0.15) is 43.5 Å². The van der Waals surface area contributed by atoms with E-state index in [1.807, 2.05) is 36.9 Å². The first-order chi connectivity index (χ1) is 11.5. The van der Waals surface area contributed by atoms with Gasteiger partial charge in [-0.1, -0.05) is 32.0 Å². The van der Waals surface area contributed by atoms with E-state index in [1.54, 1.807) is 12.1 Å². The molecule has 2 amide bonds. The minimum absolute atomic E-state index is 0.00984. The summed E-state index contributed by atoms with van der Waals surface area (Å²) in [7, 11) is 0. The smallest absolute Gasteiger partial charge is 0.251 e. The van der Waals surface area contributed by atoms with Gasteiger partial charge in [-0.15, -0.1) is 0 Å². The zero-order valence-corrected chi connectivity index (χ0v) is 14.6. The van der Waals surface area contributed by atoms with Gasteiger partial charge < -0.3 is 15.3 Å². The number of aliphatic hydroxyl groups is 1. The van der Waals surface area contributed by atoms with Crippen molar-refractivity contribution in [2.75, 3.05) is 19.7 Å². The van der Waals surface area contributed by atoms with Crippen molar-refractivity contribution in [3.63, 3.8) is 0 Å². The van der Waals surface area contributed by atoms with Gasteiger partial charge in [-0.3, -0.25) is 9.59 Å². The highest BCUT2D eigenvalue weighted by Crippen LogP contribution is 2.18. The van der Waals surface area contributed by atoms with Crippen LogP contribution < -0.4 is 5.32 Å². The Bertz CT molecular complexity index is 537. The third-order valence-electron chi connectivity index (χ3n) is 4.53. The molecule has 0 bridgehead atoms. The summed E-state index contributed by atoms with van der Waals surface area (Å²) in [6.07, 6.45) is 2.27. The second kappa shape index (κ2) is 8.83. The molecule has 1 aliphatic rings. The number of rotatable bonds is 6. The Labute approximate surface area is 144 Å². The number of nitrogens with one attached hydrogen (secondary N) is 1. The van der Waals surface area contributed by atoms with Crippen molar-refractivity contribution in [1.82, 2.24) is 10.2 Å². The molecule has 1 aromatic carbocycles. The van der Waals surface area contributed by atoms with Crippen molar-refractivity contribution in [2.24, 2.45) is 11.8 Å². The molecule has 0 spiro atoms. The van der Waals surface area contributed by atoms with E-state index in [2.05, 4.69) is 5.32 Å². The number of amides is 2. The summed E-state index contributed by atoms with van der Waals surface area (Å²) in [6, 6.07) is 8.49. The minimum Gasteiger partial charge on any atom is -0.396 e. The van der Waals surface area contributed by atoms with Crippen LogP contribution in [0.25, 0.3) is 0 Å². The number of carbonyl (C=O) groups excluding carboxylic acids is 2. The van der Waals surface area contributed by atoms with Crippen LogP contribution in [0.15, 0.2) is 30.3 Å². The summed E-state index contributed by atoms with van der Waals surface area (Å²) in [5.74, 6) is 0.380. The van der Waals surface area contributed by atoms with Gasteiger partial charge in [0.05, 0.1) is 0 Å². The van der Waals surface area contributed by atoms with Crippen LogP contribution in [-0.2, 0) is 4.79 Å². The van der Waals surface area contributed by atoms with Crippen LogP contribution in [0.2, 0.25) is 0 Å². The van der Waals surface area contributed by atoms with Crippen LogP contribution >= 0.6 is 0 Å². The monoisotopic (exact) mass is 332 g/mol.